The molecular weight excluding hydrogens is 554 g/mol. The zero-order valence-electron chi connectivity index (χ0n) is 27.0. The minimum atomic E-state index is -0.597. The number of benzene rings is 4. The number of hydrogen-bond acceptors (Lipinski definition) is 3. The van der Waals surface area contributed by atoms with Crippen LogP contribution in [0.25, 0.3) is 0 Å². The minimum absolute atomic E-state index is 0.597. The summed E-state index contributed by atoms with van der Waals surface area (Å²) in [5.41, 5.74) is 3.72. The molecule has 0 aliphatic rings. The maximum Gasteiger partial charge on any atom is 0.276 e. The van der Waals surface area contributed by atoms with Crippen LogP contribution in [0, 0.1) is 0 Å². The number of ether oxygens (including phenoxy) is 2. The van der Waals surface area contributed by atoms with Gasteiger partial charge in [-0.05, 0) is 73.5 Å². The second-order valence-corrected chi connectivity index (χ2v) is 12.0. The van der Waals surface area contributed by atoms with Crippen molar-refractivity contribution < 1.29 is 14.6 Å². The number of para-hydroxylation sites is 1. The van der Waals surface area contributed by atoms with E-state index < -0.39 is 6.10 Å². The van der Waals surface area contributed by atoms with Gasteiger partial charge in [0.1, 0.15) is 11.5 Å². The maximum atomic E-state index is 10.5. The van der Waals surface area contributed by atoms with Crippen LogP contribution < -0.4 is 14.8 Å². The van der Waals surface area contributed by atoms with Gasteiger partial charge in [-0.3, -0.25) is 0 Å². The molecule has 0 saturated carbocycles. The Morgan fingerprint density at radius 2 is 0.756 bits per heavy atom. The molecule has 4 aromatic carbocycles. The van der Waals surface area contributed by atoms with Gasteiger partial charge in [0.05, 0.1) is 24.6 Å². The van der Waals surface area contributed by atoms with Gasteiger partial charge in [0, 0.05) is 11.1 Å². The largest absolute Gasteiger partial charge is 0.494 e. The molecule has 0 aliphatic heterocycles. The van der Waals surface area contributed by atoms with Crippen LogP contribution in [0.2, 0.25) is 0 Å². The number of aliphatic hydroxyl groups excluding tert-OH is 1. The number of unbranched alkanes of at least 4 members (excludes halogenated alkanes) is 13. The van der Waals surface area contributed by atoms with Gasteiger partial charge >= 0.3 is 0 Å². The average molecular weight is 607 g/mol. The van der Waals surface area contributed by atoms with E-state index in [0.717, 1.165) is 60.1 Å². The van der Waals surface area contributed by atoms with Crippen molar-refractivity contribution in [3.63, 3.8) is 0 Å². The minimum Gasteiger partial charge on any atom is -0.494 e. The summed E-state index contributed by atoms with van der Waals surface area (Å²) in [6, 6.07) is 35.7. The molecule has 0 saturated heterocycles. The summed E-state index contributed by atoms with van der Waals surface area (Å²) >= 11 is 0. The van der Waals surface area contributed by atoms with Crippen LogP contribution in [0.1, 0.15) is 107 Å². The molecule has 4 rings (SSSR count). The van der Waals surface area contributed by atoms with E-state index >= 15 is 0 Å². The van der Waals surface area contributed by atoms with Crippen molar-refractivity contribution in [2.24, 2.45) is 0 Å². The third-order valence-corrected chi connectivity index (χ3v) is 8.24. The van der Waals surface area contributed by atoms with Crippen molar-refractivity contribution in [3.8, 4) is 11.5 Å². The molecule has 4 aromatic rings. The summed E-state index contributed by atoms with van der Waals surface area (Å²) < 4.78 is 11.8. The molecule has 45 heavy (non-hydrogen) atoms. The highest BCUT2D eigenvalue weighted by Crippen LogP contribution is 2.24. The van der Waals surface area contributed by atoms with Gasteiger partial charge in [0.25, 0.3) is 6.10 Å². The first-order valence-corrected chi connectivity index (χ1v) is 17.2. The highest BCUT2D eigenvalue weighted by molar-refractivity contribution is 5.49. The lowest BCUT2D eigenvalue weighted by molar-refractivity contribution is 0.220. The first-order valence-electron chi connectivity index (χ1n) is 17.2. The Bertz CT molecular complexity index is 1280. The molecule has 0 aromatic heterocycles. The molecule has 2 radical (unpaired) electrons. The number of hydrogen-bond donors (Lipinski definition) is 0. The van der Waals surface area contributed by atoms with E-state index in [1.807, 2.05) is 109 Å². The summed E-state index contributed by atoms with van der Waals surface area (Å²) in [6.45, 7) is 1.55. The fraction of sp³-hybridized carbons (Fsp3) is 0.415. The molecule has 0 spiro atoms. The molecular formula is C41H52NO3+. The molecule has 4 heteroatoms. The summed E-state index contributed by atoms with van der Waals surface area (Å²) in [5.74, 6) is 1.80. The topological polar surface area (TPSA) is 54.0 Å². The van der Waals surface area contributed by atoms with Gasteiger partial charge in [-0.2, -0.15) is 0 Å². The summed E-state index contributed by atoms with van der Waals surface area (Å²) in [5, 5.41) is 15.1. The standard InChI is InChI=1S/C41H52NO3/c43-41(35-21-15-13-16-22-35)36-25-29-39(30-26-36)44-33-19-11-9-7-5-3-1-2-4-6-8-10-12-20-34-45-40-31-27-38(28-32-40)42-37-23-17-14-18-24-37/h13-18,21-32,41,43H,1-12,19-20,33-34H2/q+1. The third-order valence-electron chi connectivity index (χ3n) is 8.24. The second kappa shape index (κ2) is 21.1. The Morgan fingerprint density at radius 1 is 0.400 bits per heavy atom. The van der Waals surface area contributed by atoms with Crippen molar-refractivity contribution in [2.75, 3.05) is 13.2 Å². The SMILES string of the molecule is [OH+]C(c1ccccc1)c1ccc(OCCCCCCCCCCCCCCCCOc2ccc([N]c3ccccc3)cc2)cc1. The van der Waals surface area contributed by atoms with Crippen LogP contribution in [-0.2, 0) is 0 Å². The van der Waals surface area contributed by atoms with Gasteiger partial charge in [-0.25, -0.2) is 5.32 Å². The molecule has 4 nitrogen and oxygen atoms in total. The predicted octanol–water partition coefficient (Wildman–Crippen LogP) is 11.3. The van der Waals surface area contributed by atoms with Gasteiger partial charge in [0.15, 0.2) is 0 Å². The van der Waals surface area contributed by atoms with Gasteiger partial charge < -0.3 is 9.47 Å². The highest BCUT2D eigenvalue weighted by Gasteiger charge is 2.18. The lowest BCUT2D eigenvalue weighted by atomic mass is 10.0. The summed E-state index contributed by atoms with van der Waals surface area (Å²) in [6.07, 6.45) is 17.6. The van der Waals surface area contributed by atoms with Crippen LogP contribution in [0.5, 0.6) is 11.5 Å². The van der Waals surface area contributed by atoms with Gasteiger partial charge in [0.2, 0.25) is 0 Å². The molecule has 1 unspecified atom stereocenters. The van der Waals surface area contributed by atoms with Gasteiger partial charge in [-0.1, -0.05) is 126 Å². The van der Waals surface area contributed by atoms with E-state index in [0.29, 0.717) is 0 Å². The normalized spacial score (nSPS) is 11.7. The fourth-order valence-corrected chi connectivity index (χ4v) is 5.55. The van der Waals surface area contributed by atoms with E-state index in [-0.39, 0.29) is 0 Å². The molecule has 0 bridgehead atoms. The molecule has 1 atom stereocenters. The van der Waals surface area contributed by atoms with Crippen LogP contribution >= 0.6 is 0 Å². The molecule has 1 N–H and O–H groups in total. The average Bonchev–Trinajstić information content (AvgIpc) is 3.09. The Hall–Kier alpha value is -3.76. The van der Waals surface area contributed by atoms with E-state index in [1.54, 1.807) is 0 Å². The van der Waals surface area contributed by atoms with Crippen molar-refractivity contribution in [1.29, 1.82) is 0 Å². The molecule has 238 valence electrons. The van der Waals surface area contributed by atoms with Crippen LogP contribution in [0.3, 0.4) is 0 Å². The first kappa shape index (κ1) is 34.1. The fourth-order valence-electron chi connectivity index (χ4n) is 5.55. The van der Waals surface area contributed by atoms with Crippen LogP contribution in [0.4, 0.5) is 11.4 Å². The number of rotatable bonds is 23. The predicted molar refractivity (Wildman–Crippen MR) is 187 cm³/mol. The van der Waals surface area contributed by atoms with Crippen molar-refractivity contribution in [2.45, 2.75) is 96.0 Å². The molecule has 0 fully saturated rings. The summed E-state index contributed by atoms with van der Waals surface area (Å²) in [4.78, 5) is 0. The van der Waals surface area contributed by atoms with E-state index in [4.69, 9.17) is 9.47 Å². The zero-order valence-corrected chi connectivity index (χ0v) is 27.0. The molecule has 0 heterocycles. The molecule has 0 amide bonds. The van der Waals surface area contributed by atoms with Crippen LogP contribution in [-0.4, -0.2) is 18.3 Å². The van der Waals surface area contributed by atoms with E-state index in [1.165, 1.54) is 77.0 Å². The number of nitrogens with zero attached hydrogens (tertiary/aromatic N) is 1. The zero-order chi connectivity index (χ0) is 31.2. The van der Waals surface area contributed by atoms with E-state index in [9.17, 15) is 5.11 Å². The van der Waals surface area contributed by atoms with Crippen molar-refractivity contribution in [3.05, 3.63) is 120 Å². The Morgan fingerprint density at radius 3 is 1.22 bits per heavy atom. The lowest BCUT2D eigenvalue weighted by Crippen LogP contribution is -2.00. The summed E-state index contributed by atoms with van der Waals surface area (Å²) in [7, 11) is 0. The van der Waals surface area contributed by atoms with Crippen molar-refractivity contribution >= 4 is 11.4 Å². The smallest absolute Gasteiger partial charge is 0.276 e. The highest BCUT2D eigenvalue weighted by atomic mass is 16.5. The monoisotopic (exact) mass is 606 g/mol. The Balaban J connectivity index is 0.880. The maximum absolute atomic E-state index is 10.5. The number of aliphatic hydroxyl groups is 1. The Labute approximate surface area is 271 Å². The van der Waals surface area contributed by atoms with E-state index in [2.05, 4.69) is 5.32 Å². The first-order chi connectivity index (χ1) is 22.3. The van der Waals surface area contributed by atoms with Crippen LogP contribution in [0.15, 0.2) is 109 Å². The second-order valence-electron chi connectivity index (χ2n) is 12.0. The lowest BCUT2D eigenvalue weighted by Gasteiger charge is -2.08. The van der Waals surface area contributed by atoms with Gasteiger partial charge in [-0.15, -0.1) is 5.11 Å². The van der Waals surface area contributed by atoms with Crippen molar-refractivity contribution in [1.82, 2.24) is 5.32 Å². The molecule has 0 aliphatic carbocycles. The Kier molecular flexibility index (Phi) is 16.0. The third kappa shape index (κ3) is 13.8. The quantitative estimate of drug-likeness (QED) is 0.0623.